The van der Waals surface area contributed by atoms with Crippen LogP contribution in [0.15, 0.2) is 24.5 Å². The highest BCUT2D eigenvalue weighted by Crippen LogP contribution is 2.19. The third-order valence-corrected chi connectivity index (χ3v) is 3.32. The molecule has 0 aliphatic rings. The topological polar surface area (TPSA) is 24.9 Å². The molecule has 0 bridgehead atoms. The number of rotatable bonds is 10. The SMILES string of the molecule is CCCCCCCC(NCCC)c1cccnc1. The number of aromatic nitrogens is 1. The quantitative estimate of drug-likeness (QED) is 0.617. The normalized spacial score (nSPS) is 12.6. The lowest BCUT2D eigenvalue weighted by atomic mass is 10.0. The van der Waals surface area contributed by atoms with Gasteiger partial charge in [0.25, 0.3) is 0 Å². The van der Waals surface area contributed by atoms with E-state index in [1.165, 1.54) is 50.5 Å². The molecular weight excluding hydrogens is 220 g/mol. The maximum atomic E-state index is 4.23. The summed E-state index contributed by atoms with van der Waals surface area (Å²) in [7, 11) is 0. The molecule has 1 aromatic heterocycles. The van der Waals surface area contributed by atoms with Crippen molar-refractivity contribution < 1.29 is 0 Å². The van der Waals surface area contributed by atoms with E-state index in [1.54, 1.807) is 0 Å². The molecule has 0 saturated heterocycles. The molecule has 0 amide bonds. The van der Waals surface area contributed by atoms with Crippen molar-refractivity contribution in [3.8, 4) is 0 Å². The Balaban J connectivity index is 2.36. The van der Waals surface area contributed by atoms with Crippen LogP contribution in [0.2, 0.25) is 0 Å². The van der Waals surface area contributed by atoms with Gasteiger partial charge in [0.2, 0.25) is 0 Å². The van der Waals surface area contributed by atoms with E-state index in [4.69, 9.17) is 0 Å². The van der Waals surface area contributed by atoms with E-state index in [1.807, 2.05) is 18.5 Å². The summed E-state index contributed by atoms with van der Waals surface area (Å²) in [5, 5.41) is 3.64. The first kappa shape index (κ1) is 15.2. The van der Waals surface area contributed by atoms with Crippen LogP contribution >= 0.6 is 0 Å². The molecule has 1 aromatic rings. The number of nitrogens with zero attached hydrogens (tertiary/aromatic N) is 1. The van der Waals surface area contributed by atoms with Crippen molar-refractivity contribution in [2.24, 2.45) is 0 Å². The molecule has 2 nitrogen and oxygen atoms in total. The molecule has 0 aromatic carbocycles. The van der Waals surface area contributed by atoms with Gasteiger partial charge in [-0.3, -0.25) is 4.98 Å². The Kier molecular flexibility index (Phi) is 8.49. The van der Waals surface area contributed by atoms with Crippen molar-refractivity contribution in [3.63, 3.8) is 0 Å². The molecule has 1 unspecified atom stereocenters. The minimum Gasteiger partial charge on any atom is -0.310 e. The van der Waals surface area contributed by atoms with Crippen molar-refractivity contribution in [2.45, 2.75) is 64.8 Å². The van der Waals surface area contributed by atoms with Gasteiger partial charge in [0, 0.05) is 18.4 Å². The van der Waals surface area contributed by atoms with Gasteiger partial charge in [0.1, 0.15) is 0 Å². The summed E-state index contributed by atoms with van der Waals surface area (Å²) in [6.07, 6.45) is 13.0. The number of hydrogen-bond acceptors (Lipinski definition) is 2. The molecule has 1 atom stereocenters. The van der Waals surface area contributed by atoms with Crippen LogP contribution in [0, 0.1) is 0 Å². The van der Waals surface area contributed by atoms with Gasteiger partial charge in [-0.05, 0) is 31.0 Å². The minimum atomic E-state index is 0.486. The molecule has 18 heavy (non-hydrogen) atoms. The van der Waals surface area contributed by atoms with E-state index >= 15 is 0 Å². The summed E-state index contributed by atoms with van der Waals surface area (Å²) < 4.78 is 0. The third-order valence-electron chi connectivity index (χ3n) is 3.32. The van der Waals surface area contributed by atoms with Crippen molar-refractivity contribution in [1.29, 1.82) is 0 Å². The van der Waals surface area contributed by atoms with Gasteiger partial charge in [-0.2, -0.15) is 0 Å². The molecule has 0 saturated carbocycles. The standard InChI is InChI=1S/C16H28N2/c1-3-5-6-7-8-11-16(18-12-4-2)15-10-9-13-17-14-15/h9-10,13-14,16,18H,3-8,11-12H2,1-2H3. The molecule has 0 aliphatic heterocycles. The van der Waals surface area contributed by atoms with Gasteiger partial charge in [-0.25, -0.2) is 0 Å². The van der Waals surface area contributed by atoms with E-state index in [0.717, 1.165) is 6.54 Å². The fourth-order valence-corrected chi connectivity index (χ4v) is 2.24. The third kappa shape index (κ3) is 6.15. The van der Waals surface area contributed by atoms with E-state index in [9.17, 15) is 0 Å². The molecule has 0 aliphatic carbocycles. The fourth-order valence-electron chi connectivity index (χ4n) is 2.24. The highest BCUT2D eigenvalue weighted by atomic mass is 14.9. The minimum absolute atomic E-state index is 0.486. The Morgan fingerprint density at radius 1 is 1.11 bits per heavy atom. The molecule has 0 radical (unpaired) electrons. The second kappa shape index (κ2) is 10.1. The monoisotopic (exact) mass is 248 g/mol. The highest BCUT2D eigenvalue weighted by molar-refractivity contribution is 5.13. The number of unbranched alkanes of at least 4 members (excludes halogenated alkanes) is 4. The molecule has 2 heteroatoms. The van der Waals surface area contributed by atoms with Gasteiger partial charge in [0.05, 0.1) is 0 Å². The zero-order chi connectivity index (χ0) is 13.1. The molecule has 102 valence electrons. The van der Waals surface area contributed by atoms with Gasteiger partial charge >= 0.3 is 0 Å². The maximum absolute atomic E-state index is 4.23. The smallest absolute Gasteiger partial charge is 0.0335 e. The Hall–Kier alpha value is -0.890. The van der Waals surface area contributed by atoms with Crippen molar-refractivity contribution in [3.05, 3.63) is 30.1 Å². The van der Waals surface area contributed by atoms with Crippen molar-refractivity contribution in [1.82, 2.24) is 10.3 Å². The lowest BCUT2D eigenvalue weighted by molar-refractivity contribution is 0.467. The van der Waals surface area contributed by atoms with Crippen LogP contribution in [0.4, 0.5) is 0 Å². The molecule has 1 rings (SSSR count). The fraction of sp³-hybridized carbons (Fsp3) is 0.688. The molecular formula is C16H28N2. The summed E-state index contributed by atoms with van der Waals surface area (Å²) in [5.41, 5.74) is 1.33. The molecule has 1 N–H and O–H groups in total. The van der Waals surface area contributed by atoms with E-state index in [0.29, 0.717) is 6.04 Å². The molecule has 0 spiro atoms. The lowest BCUT2D eigenvalue weighted by Gasteiger charge is -2.18. The Bertz CT molecular complexity index is 284. The van der Waals surface area contributed by atoms with Gasteiger partial charge in [-0.15, -0.1) is 0 Å². The first-order chi connectivity index (χ1) is 8.88. The summed E-state index contributed by atoms with van der Waals surface area (Å²) >= 11 is 0. The average Bonchev–Trinajstić information content (AvgIpc) is 2.43. The number of hydrogen-bond donors (Lipinski definition) is 1. The van der Waals surface area contributed by atoms with Gasteiger partial charge in [-0.1, -0.05) is 52.0 Å². The first-order valence-corrected chi connectivity index (χ1v) is 7.51. The zero-order valence-corrected chi connectivity index (χ0v) is 12.0. The molecule has 1 heterocycles. The van der Waals surface area contributed by atoms with Crippen molar-refractivity contribution >= 4 is 0 Å². The predicted molar refractivity (Wildman–Crippen MR) is 78.6 cm³/mol. The van der Waals surface area contributed by atoms with Crippen LogP contribution in [0.5, 0.6) is 0 Å². The Morgan fingerprint density at radius 2 is 1.94 bits per heavy atom. The van der Waals surface area contributed by atoms with Crippen LogP contribution in [0.1, 0.15) is 70.4 Å². The van der Waals surface area contributed by atoms with E-state index in [2.05, 4.69) is 30.2 Å². The van der Waals surface area contributed by atoms with Gasteiger partial charge < -0.3 is 5.32 Å². The van der Waals surface area contributed by atoms with Crippen molar-refractivity contribution in [2.75, 3.05) is 6.54 Å². The number of pyridine rings is 1. The van der Waals surface area contributed by atoms with Crippen LogP contribution in [0.25, 0.3) is 0 Å². The highest BCUT2D eigenvalue weighted by Gasteiger charge is 2.09. The summed E-state index contributed by atoms with van der Waals surface area (Å²) in [6.45, 7) is 5.57. The Morgan fingerprint density at radius 3 is 2.61 bits per heavy atom. The predicted octanol–water partition coefficient (Wildman–Crippen LogP) is 4.48. The Labute approximate surface area is 112 Å². The second-order valence-electron chi connectivity index (χ2n) is 5.00. The second-order valence-corrected chi connectivity index (χ2v) is 5.00. The maximum Gasteiger partial charge on any atom is 0.0335 e. The average molecular weight is 248 g/mol. The lowest BCUT2D eigenvalue weighted by Crippen LogP contribution is -2.22. The van der Waals surface area contributed by atoms with E-state index < -0.39 is 0 Å². The largest absolute Gasteiger partial charge is 0.310 e. The number of nitrogens with one attached hydrogen (secondary N) is 1. The first-order valence-electron chi connectivity index (χ1n) is 7.51. The van der Waals surface area contributed by atoms with Crippen LogP contribution in [-0.4, -0.2) is 11.5 Å². The van der Waals surface area contributed by atoms with Crippen LogP contribution in [-0.2, 0) is 0 Å². The molecule has 0 fully saturated rings. The summed E-state index contributed by atoms with van der Waals surface area (Å²) in [4.78, 5) is 4.23. The zero-order valence-electron chi connectivity index (χ0n) is 12.0. The van der Waals surface area contributed by atoms with Crippen LogP contribution in [0.3, 0.4) is 0 Å². The summed E-state index contributed by atoms with van der Waals surface area (Å²) in [6, 6.07) is 4.71. The van der Waals surface area contributed by atoms with E-state index in [-0.39, 0.29) is 0 Å². The van der Waals surface area contributed by atoms with Crippen LogP contribution < -0.4 is 5.32 Å². The van der Waals surface area contributed by atoms with Gasteiger partial charge in [0.15, 0.2) is 0 Å². The summed E-state index contributed by atoms with van der Waals surface area (Å²) in [5.74, 6) is 0.